The summed E-state index contributed by atoms with van der Waals surface area (Å²) < 4.78 is 41.1. The average molecular weight is 230 g/mol. The topological polar surface area (TPSA) is 39.2 Å². The number of nitrogens with two attached hydrogens (primary N) is 1. The van der Waals surface area contributed by atoms with E-state index in [2.05, 4.69) is 0 Å². The van der Waals surface area contributed by atoms with E-state index in [0.29, 0.717) is 11.3 Å². The van der Waals surface area contributed by atoms with Gasteiger partial charge < -0.3 is 10.2 Å². The standard InChI is InChI=1S/C8H10F3NO.ClH/c1-4-3-6(13-5(4)2)7(12)8(9,10)11;/h3,7H,12H2,1-2H3;1H/t7-;/m0./s1. The van der Waals surface area contributed by atoms with Gasteiger partial charge in [0.05, 0.1) is 0 Å². The highest BCUT2D eigenvalue weighted by Crippen LogP contribution is 2.32. The fraction of sp³-hybridized carbons (Fsp3) is 0.500. The highest BCUT2D eigenvalue weighted by molar-refractivity contribution is 5.85. The molecule has 0 unspecified atom stereocenters. The SMILES string of the molecule is Cc1cc([C@H](N)C(F)(F)F)oc1C.Cl. The van der Waals surface area contributed by atoms with E-state index in [0.717, 1.165) is 0 Å². The number of aryl methyl sites for hydroxylation is 2. The molecule has 82 valence electrons. The van der Waals surface area contributed by atoms with E-state index in [-0.39, 0.29) is 18.2 Å². The number of hydrogen-bond donors (Lipinski definition) is 1. The van der Waals surface area contributed by atoms with Gasteiger partial charge in [-0.2, -0.15) is 13.2 Å². The van der Waals surface area contributed by atoms with Crippen LogP contribution in [0.15, 0.2) is 10.5 Å². The molecule has 0 radical (unpaired) electrons. The third-order valence-electron chi connectivity index (χ3n) is 1.84. The Morgan fingerprint density at radius 3 is 2.14 bits per heavy atom. The Labute approximate surface area is 85.7 Å². The number of hydrogen-bond acceptors (Lipinski definition) is 2. The normalized spacial score (nSPS) is 13.6. The molecule has 0 bridgehead atoms. The fourth-order valence-electron chi connectivity index (χ4n) is 0.916. The molecule has 1 aromatic heterocycles. The van der Waals surface area contributed by atoms with Crippen LogP contribution in [0.3, 0.4) is 0 Å². The summed E-state index contributed by atoms with van der Waals surface area (Å²) in [5.41, 5.74) is 5.61. The third kappa shape index (κ3) is 2.65. The van der Waals surface area contributed by atoms with Crippen molar-refractivity contribution < 1.29 is 17.6 Å². The lowest BCUT2D eigenvalue weighted by Gasteiger charge is -2.12. The molecule has 2 nitrogen and oxygen atoms in total. The van der Waals surface area contributed by atoms with E-state index in [4.69, 9.17) is 10.2 Å². The molecule has 2 N–H and O–H groups in total. The lowest BCUT2D eigenvalue weighted by Crippen LogP contribution is -2.27. The lowest BCUT2D eigenvalue weighted by atomic mass is 10.2. The van der Waals surface area contributed by atoms with Crippen LogP contribution in [0.1, 0.15) is 23.1 Å². The van der Waals surface area contributed by atoms with Crippen molar-refractivity contribution in [3.8, 4) is 0 Å². The van der Waals surface area contributed by atoms with Crippen molar-refractivity contribution in [1.29, 1.82) is 0 Å². The van der Waals surface area contributed by atoms with Gasteiger partial charge in [0.15, 0.2) is 6.04 Å². The first kappa shape index (κ1) is 13.3. The summed E-state index contributed by atoms with van der Waals surface area (Å²) in [6.45, 7) is 3.27. The zero-order valence-corrected chi connectivity index (χ0v) is 8.50. The monoisotopic (exact) mass is 229 g/mol. The minimum absolute atomic E-state index is 0. The van der Waals surface area contributed by atoms with Crippen molar-refractivity contribution in [2.45, 2.75) is 26.1 Å². The van der Waals surface area contributed by atoms with Gasteiger partial charge in [-0.3, -0.25) is 0 Å². The molecule has 1 heterocycles. The van der Waals surface area contributed by atoms with Crippen LogP contribution in [0.4, 0.5) is 13.2 Å². The fourth-order valence-corrected chi connectivity index (χ4v) is 0.916. The van der Waals surface area contributed by atoms with E-state index in [1.807, 2.05) is 0 Å². The van der Waals surface area contributed by atoms with Gasteiger partial charge in [-0.15, -0.1) is 12.4 Å². The summed E-state index contributed by atoms with van der Waals surface area (Å²) >= 11 is 0. The number of halogens is 4. The second-order valence-electron chi connectivity index (χ2n) is 2.91. The van der Waals surface area contributed by atoms with Crippen molar-refractivity contribution in [1.82, 2.24) is 0 Å². The molecule has 0 fully saturated rings. The molecule has 0 amide bonds. The lowest BCUT2D eigenvalue weighted by molar-refractivity contribution is -0.152. The van der Waals surface area contributed by atoms with Crippen LogP contribution < -0.4 is 5.73 Å². The Morgan fingerprint density at radius 2 is 1.86 bits per heavy atom. The van der Waals surface area contributed by atoms with Crippen LogP contribution in [-0.4, -0.2) is 6.18 Å². The Balaban J connectivity index is 0.00000169. The maximum absolute atomic E-state index is 12.1. The summed E-state index contributed by atoms with van der Waals surface area (Å²) in [6.07, 6.45) is -4.45. The Morgan fingerprint density at radius 1 is 1.36 bits per heavy atom. The largest absolute Gasteiger partial charge is 0.464 e. The van der Waals surface area contributed by atoms with Gasteiger partial charge in [0.2, 0.25) is 0 Å². The summed E-state index contributed by atoms with van der Waals surface area (Å²) in [6, 6.07) is -0.715. The van der Waals surface area contributed by atoms with Gasteiger partial charge in [-0.1, -0.05) is 0 Å². The highest BCUT2D eigenvalue weighted by Gasteiger charge is 2.40. The summed E-state index contributed by atoms with van der Waals surface area (Å²) in [7, 11) is 0. The molecule has 1 atom stereocenters. The van der Waals surface area contributed by atoms with Gasteiger partial charge in [0, 0.05) is 0 Å². The van der Waals surface area contributed by atoms with E-state index < -0.39 is 12.2 Å². The number of furan rings is 1. The van der Waals surface area contributed by atoms with Crippen LogP contribution in [0, 0.1) is 13.8 Å². The van der Waals surface area contributed by atoms with Gasteiger partial charge in [0.25, 0.3) is 0 Å². The second-order valence-corrected chi connectivity index (χ2v) is 2.91. The maximum Gasteiger partial charge on any atom is 0.410 e. The van der Waals surface area contributed by atoms with Gasteiger partial charge in [-0.05, 0) is 25.5 Å². The molecule has 0 aliphatic heterocycles. The third-order valence-corrected chi connectivity index (χ3v) is 1.84. The molecule has 0 saturated heterocycles. The van der Waals surface area contributed by atoms with Gasteiger partial charge >= 0.3 is 6.18 Å². The predicted octanol–water partition coefficient (Wildman–Crippen LogP) is 2.88. The van der Waals surface area contributed by atoms with Gasteiger partial charge in [0.1, 0.15) is 11.5 Å². The Bertz CT molecular complexity index is 289. The first-order valence-electron chi connectivity index (χ1n) is 3.71. The van der Waals surface area contributed by atoms with E-state index in [1.165, 1.54) is 6.07 Å². The summed E-state index contributed by atoms with van der Waals surface area (Å²) in [5.74, 6) is 0.234. The Kier molecular flexibility index (Phi) is 4.02. The molecular weight excluding hydrogens is 219 g/mol. The molecular formula is C8H11ClF3NO. The second kappa shape index (κ2) is 4.23. The van der Waals surface area contributed by atoms with Crippen molar-refractivity contribution in [3.63, 3.8) is 0 Å². The zero-order chi connectivity index (χ0) is 10.2. The first-order valence-corrected chi connectivity index (χ1v) is 3.71. The van der Waals surface area contributed by atoms with Crippen molar-refractivity contribution in [2.75, 3.05) is 0 Å². The van der Waals surface area contributed by atoms with E-state index in [1.54, 1.807) is 13.8 Å². The molecule has 0 aromatic carbocycles. The van der Waals surface area contributed by atoms with Crippen LogP contribution in [0.5, 0.6) is 0 Å². The molecule has 14 heavy (non-hydrogen) atoms. The van der Waals surface area contributed by atoms with Gasteiger partial charge in [-0.25, -0.2) is 0 Å². The molecule has 0 saturated carbocycles. The minimum atomic E-state index is -4.45. The molecule has 0 spiro atoms. The molecule has 1 aromatic rings. The number of rotatable bonds is 1. The molecule has 0 aliphatic rings. The Hall–Kier alpha value is -0.680. The highest BCUT2D eigenvalue weighted by atomic mass is 35.5. The molecule has 0 aliphatic carbocycles. The predicted molar refractivity (Wildman–Crippen MR) is 48.4 cm³/mol. The average Bonchev–Trinajstić information content (AvgIpc) is 2.29. The van der Waals surface area contributed by atoms with Crippen molar-refractivity contribution in [3.05, 3.63) is 23.2 Å². The minimum Gasteiger partial charge on any atom is -0.464 e. The van der Waals surface area contributed by atoms with Crippen molar-refractivity contribution >= 4 is 12.4 Å². The quantitative estimate of drug-likeness (QED) is 0.804. The molecule has 1 rings (SSSR count). The number of alkyl halides is 3. The maximum atomic E-state index is 12.1. The van der Waals surface area contributed by atoms with Crippen LogP contribution in [0.25, 0.3) is 0 Å². The van der Waals surface area contributed by atoms with Crippen LogP contribution in [0.2, 0.25) is 0 Å². The smallest absolute Gasteiger partial charge is 0.410 e. The summed E-state index contributed by atoms with van der Waals surface area (Å²) in [4.78, 5) is 0. The molecule has 6 heteroatoms. The van der Waals surface area contributed by atoms with Crippen LogP contribution >= 0.6 is 12.4 Å². The van der Waals surface area contributed by atoms with Crippen molar-refractivity contribution in [2.24, 2.45) is 5.73 Å². The van der Waals surface area contributed by atoms with Crippen LogP contribution in [-0.2, 0) is 0 Å². The van der Waals surface area contributed by atoms with E-state index in [9.17, 15) is 13.2 Å². The first-order chi connectivity index (χ1) is 5.82. The zero-order valence-electron chi connectivity index (χ0n) is 7.68. The van der Waals surface area contributed by atoms with E-state index >= 15 is 0 Å². The summed E-state index contributed by atoms with van der Waals surface area (Å²) in [5, 5.41) is 0.